The Hall–Kier alpha value is -2.43. The molecule has 0 radical (unpaired) electrons. The fraction of sp³-hybridized carbons (Fsp3) is 0.333. The summed E-state index contributed by atoms with van der Waals surface area (Å²) in [6.07, 6.45) is 0.937. The van der Waals surface area contributed by atoms with E-state index in [1.54, 1.807) is 24.3 Å². The Morgan fingerprint density at radius 2 is 1.86 bits per heavy atom. The summed E-state index contributed by atoms with van der Waals surface area (Å²) in [6, 6.07) is 10.4. The van der Waals surface area contributed by atoms with Crippen LogP contribution in [0.1, 0.15) is 6.42 Å². The van der Waals surface area contributed by atoms with E-state index in [0.29, 0.717) is 17.6 Å². The lowest BCUT2D eigenvalue weighted by molar-refractivity contribution is -0.858. The van der Waals surface area contributed by atoms with E-state index in [1.807, 2.05) is 12.1 Å². The van der Waals surface area contributed by atoms with Crippen molar-refractivity contribution < 1.29 is 18.1 Å². The second-order valence-corrected chi connectivity index (χ2v) is 9.12. The fourth-order valence-corrected chi connectivity index (χ4v) is 4.93. The number of carbonyl (C=O) groups is 1. The quantitative estimate of drug-likeness (QED) is 0.282. The number of amides is 1. The zero-order valence-corrected chi connectivity index (χ0v) is 17.4. The molecule has 28 heavy (non-hydrogen) atoms. The molecule has 8 nitrogen and oxygen atoms in total. The molecule has 2 aromatic carbocycles. The van der Waals surface area contributed by atoms with Crippen LogP contribution in [0.5, 0.6) is 0 Å². The summed E-state index contributed by atoms with van der Waals surface area (Å²) >= 11 is 5.11. The third-order valence-electron chi connectivity index (χ3n) is 4.42. The number of carbonyl (C=O) groups excluding carboxylic acids is 1. The number of sulfonamides is 1. The van der Waals surface area contributed by atoms with E-state index in [-0.39, 0.29) is 16.6 Å². The molecule has 1 aliphatic heterocycles. The van der Waals surface area contributed by atoms with Crippen molar-refractivity contribution >= 4 is 49.7 Å². The number of hydrazine groups is 1. The third-order valence-corrected chi connectivity index (χ3v) is 6.47. The van der Waals surface area contributed by atoms with Crippen LogP contribution in [0.2, 0.25) is 0 Å². The van der Waals surface area contributed by atoms with E-state index in [9.17, 15) is 13.2 Å². The fourth-order valence-electron chi connectivity index (χ4n) is 3.11. The van der Waals surface area contributed by atoms with Gasteiger partial charge < -0.3 is 10.2 Å². The van der Waals surface area contributed by atoms with Crippen LogP contribution in [-0.2, 0) is 14.8 Å². The lowest BCUT2D eigenvalue weighted by atomic mass is 10.1. The molecule has 0 saturated heterocycles. The van der Waals surface area contributed by atoms with Crippen molar-refractivity contribution in [3.63, 3.8) is 0 Å². The van der Waals surface area contributed by atoms with Gasteiger partial charge in [-0.2, -0.15) is 0 Å². The molecule has 1 aliphatic rings. The Balaban J connectivity index is 1.59. The summed E-state index contributed by atoms with van der Waals surface area (Å²) in [5.74, 6) is -0.504. The van der Waals surface area contributed by atoms with Gasteiger partial charge in [-0.15, -0.1) is 0 Å². The van der Waals surface area contributed by atoms with Gasteiger partial charge in [-0.3, -0.25) is 20.0 Å². The maximum Gasteiger partial charge on any atom is 0.265 e. The van der Waals surface area contributed by atoms with Crippen molar-refractivity contribution in [1.29, 1.82) is 0 Å². The highest BCUT2D eigenvalue weighted by molar-refractivity contribution is 7.93. The first-order valence-corrected chi connectivity index (χ1v) is 10.8. The van der Waals surface area contributed by atoms with Crippen molar-refractivity contribution in [2.24, 2.45) is 0 Å². The third kappa shape index (κ3) is 4.18. The highest BCUT2D eigenvalue weighted by Gasteiger charge is 2.36. The summed E-state index contributed by atoms with van der Waals surface area (Å²) in [7, 11) is 0.379. The van der Waals surface area contributed by atoms with Crippen LogP contribution in [0, 0.1) is 0 Å². The molecule has 2 aromatic rings. The number of thiocarbonyl (C=S) groups is 1. The Bertz CT molecular complexity index is 1000. The van der Waals surface area contributed by atoms with Crippen molar-refractivity contribution in [3.8, 4) is 0 Å². The molecular weight excluding hydrogens is 398 g/mol. The molecule has 0 aliphatic carbocycles. The van der Waals surface area contributed by atoms with Gasteiger partial charge in [0.25, 0.3) is 15.9 Å². The first-order valence-electron chi connectivity index (χ1n) is 8.97. The van der Waals surface area contributed by atoms with Crippen molar-refractivity contribution in [2.45, 2.75) is 11.3 Å². The molecule has 1 amide bonds. The number of anilines is 1. The van der Waals surface area contributed by atoms with Crippen molar-refractivity contribution in [3.05, 3.63) is 36.4 Å². The predicted octanol–water partition coefficient (Wildman–Crippen LogP) is -0.622. The molecule has 0 bridgehead atoms. The summed E-state index contributed by atoms with van der Waals surface area (Å²) in [6.45, 7) is 1.35. The standard InChI is InChI=1S/C18H23N5O3S2/c1-22(2)11-5-10-19-18(27)21-20-16(24)12-23-14-8-3-6-13-7-4-9-15(17(13)14)28(23,25)26/h3-4,6-9H,5,10-12H2,1-2H3,(H,20,24)(H2,19,21,27)/p+1. The summed E-state index contributed by atoms with van der Waals surface area (Å²) in [5, 5.41) is 4.75. The zero-order chi connectivity index (χ0) is 20.3. The highest BCUT2D eigenvalue weighted by atomic mass is 32.2. The van der Waals surface area contributed by atoms with E-state index in [0.717, 1.165) is 22.7 Å². The number of nitrogens with zero attached hydrogens (tertiary/aromatic N) is 1. The van der Waals surface area contributed by atoms with E-state index >= 15 is 0 Å². The topological polar surface area (TPSA) is 95.0 Å². The molecule has 4 N–H and O–H groups in total. The van der Waals surface area contributed by atoms with E-state index in [4.69, 9.17) is 12.2 Å². The molecule has 0 atom stereocenters. The van der Waals surface area contributed by atoms with Crippen LogP contribution >= 0.6 is 12.2 Å². The molecular formula is C18H24N5O3S2+. The summed E-state index contributed by atoms with van der Waals surface area (Å²) in [5.41, 5.74) is 5.57. The molecule has 0 spiro atoms. The first-order chi connectivity index (χ1) is 13.3. The molecule has 0 fully saturated rings. The van der Waals surface area contributed by atoms with Gasteiger partial charge in [0.1, 0.15) is 6.54 Å². The molecule has 10 heteroatoms. The Kier molecular flexibility index (Phi) is 6.01. The van der Waals surface area contributed by atoms with Gasteiger partial charge in [0.2, 0.25) is 0 Å². The van der Waals surface area contributed by atoms with E-state index in [2.05, 4.69) is 30.3 Å². The van der Waals surface area contributed by atoms with Crippen LogP contribution in [-0.4, -0.2) is 53.2 Å². The van der Waals surface area contributed by atoms with Gasteiger partial charge in [0, 0.05) is 18.4 Å². The first kappa shape index (κ1) is 20.3. The van der Waals surface area contributed by atoms with Crippen LogP contribution in [0.4, 0.5) is 5.69 Å². The smallest absolute Gasteiger partial charge is 0.265 e. The minimum atomic E-state index is -3.76. The maximum atomic E-state index is 12.9. The summed E-state index contributed by atoms with van der Waals surface area (Å²) in [4.78, 5) is 13.9. The van der Waals surface area contributed by atoms with Gasteiger partial charge in [-0.1, -0.05) is 24.3 Å². The minimum Gasteiger partial charge on any atom is -0.361 e. The van der Waals surface area contributed by atoms with Gasteiger partial charge in [-0.25, -0.2) is 8.42 Å². The second-order valence-electron chi connectivity index (χ2n) is 6.88. The maximum absolute atomic E-state index is 12.9. The van der Waals surface area contributed by atoms with Crippen LogP contribution < -0.4 is 25.4 Å². The lowest BCUT2D eigenvalue weighted by Gasteiger charge is -2.19. The average Bonchev–Trinajstić information content (AvgIpc) is 2.87. The van der Waals surface area contributed by atoms with Crippen molar-refractivity contribution in [1.82, 2.24) is 16.2 Å². The Labute approximate surface area is 169 Å². The Morgan fingerprint density at radius 3 is 2.57 bits per heavy atom. The second kappa shape index (κ2) is 8.29. The van der Waals surface area contributed by atoms with Crippen molar-refractivity contribution in [2.75, 3.05) is 38.0 Å². The average molecular weight is 423 g/mol. The van der Waals surface area contributed by atoms with Crippen LogP contribution in [0.25, 0.3) is 10.8 Å². The number of benzene rings is 2. The molecule has 0 aromatic heterocycles. The van der Waals surface area contributed by atoms with Gasteiger partial charge in [0.15, 0.2) is 5.11 Å². The van der Waals surface area contributed by atoms with E-state index < -0.39 is 15.9 Å². The van der Waals surface area contributed by atoms with Gasteiger partial charge >= 0.3 is 0 Å². The molecule has 150 valence electrons. The molecule has 0 saturated carbocycles. The van der Waals surface area contributed by atoms with Gasteiger partial charge in [0.05, 0.1) is 31.2 Å². The molecule has 3 rings (SSSR count). The summed E-state index contributed by atoms with van der Waals surface area (Å²) < 4.78 is 26.8. The SMILES string of the molecule is C[NH+](C)CCCNC(=S)NNC(=O)CN1c2cccc3cccc(c23)S1(=O)=O. The zero-order valence-electron chi connectivity index (χ0n) is 15.8. The number of nitrogens with one attached hydrogen (secondary N) is 4. The number of hydrogen-bond acceptors (Lipinski definition) is 4. The highest BCUT2D eigenvalue weighted by Crippen LogP contribution is 2.41. The van der Waals surface area contributed by atoms with Crippen LogP contribution in [0.15, 0.2) is 41.3 Å². The predicted molar refractivity (Wildman–Crippen MR) is 113 cm³/mol. The Morgan fingerprint density at radius 1 is 1.14 bits per heavy atom. The normalized spacial score (nSPS) is 14.3. The molecule has 1 heterocycles. The lowest BCUT2D eigenvalue weighted by Crippen LogP contribution is -3.05. The number of rotatable bonds is 6. The number of hydrogen-bond donors (Lipinski definition) is 4. The monoisotopic (exact) mass is 422 g/mol. The van der Waals surface area contributed by atoms with E-state index in [1.165, 1.54) is 4.90 Å². The van der Waals surface area contributed by atoms with Crippen LogP contribution in [0.3, 0.4) is 0 Å². The number of quaternary nitrogens is 1. The van der Waals surface area contributed by atoms with Gasteiger partial charge in [-0.05, 0) is 29.7 Å². The largest absolute Gasteiger partial charge is 0.361 e. The molecule has 0 unspecified atom stereocenters. The minimum absolute atomic E-state index is 0.224.